The number of likely N-dealkylation sites (N-methyl/N-ethyl adjacent to an activating group) is 1. The average molecular weight is 312 g/mol. The maximum Gasteiger partial charge on any atom is 0.0426 e. The SMILES string of the molecule is CCCN(CCN(C)C)c1cc(Cl)ccc1CC(N)CC. The molecule has 0 heterocycles. The van der Waals surface area contributed by atoms with E-state index in [-0.39, 0.29) is 6.04 Å². The third kappa shape index (κ3) is 6.25. The number of halogens is 1. The quantitative estimate of drug-likeness (QED) is 0.758. The lowest BCUT2D eigenvalue weighted by Gasteiger charge is -2.29. The lowest BCUT2D eigenvalue weighted by Crippen LogP contribution is -2.33. The number of rotatable bonds is 9. The van der Waals surface area contributed by atoms with E-state index in [1.54, 1.807) is 0 Å². The topological polar surface area (TPSA) is 32.5 Å². The third-order valence-electron chi connectivity index (χ3n) is 3.71. The fourth-order valence-corrected chi connectivity index (χ4v) is 2.54. The molecule has 1 atom stereocenters. The molecule has 0 fully saturated rings. The van der Waals surface area contributed by atoms with Crippen molar-refractivity contribution in [1.29, 1.82) is 0 Å². The van der Waals surface area contributed by atoms with Crippen LogP contribution in [0.5, 0.6) is 0 Å². The van der Waals surface area contributed by atoms with Crippen molar-refractivity contribution < 1.29 is 0 Å². The van der Waals surface area contributed by atoms with Gasteiger partial charge in [0.05, 0.1) is 0 Å². The van der Waals surface area contributed by atoms with E-state index < -0.39 is 0 Å². The zero-order valence-corrected chi connectivity index (χ0v) is 14.7. The maximum atomic E-state index is 6.23. The number of benzene rings is 1. The van der Waals surface area contributed by atoms with Gasteiger partial charge >= 0.3 is 0 Å². The molecule has 2 N–H and O–H groups in total. The molecule has 0 aromatic heterocycles. The fourth-order valence-electron chi connectivity index (χ4n) is 2.37. The van der Waals surface area contributed by atoms with Gasteiger partial charge in [-0.3, -0.25) is 0 Å². The Labute approximate surface area is 135 Å². The van der Waals surface area contributed by atoms with Crippen molar-refractivity contribution in [1.82, 2.24) is 4.90 Å². The van der Waals surface area contributed by atoms with Crippen LogP contribution in [0.1, 0.15) is 32.3 Å². The second kappa shape index (κ2) is 9.29. The minimum absolute atomic E-state index is 0.210. The molecule has 0 spiro atoms. The van der Waals surface area contributed by atoms with Crippen LogP contribution in [0.2, 0.25) is 5.02 Å². The first-order chi connectivity index (χ1) is 9.97. The van der Waals surface area contributed by atoms with Gasteiger partial charge in [0.15, 0.2) is 0 Å². The second-order valence-corrected chi connectivity index (χ2v) is 6.37. The van der Waals surface area contributed by atoms with Crippen LogP contribution < -0.4 is 10.6 Å². The first kappa shape index (κ1) is 18.3. The molecule has 1 aromatic rings. The van der Waals surface area contributed by atoms with E-state index in [0.717, 1.165) is 43.9 Å². The largest absolute Gasteiger partial charge is 0.370 e. The zero-order valence-electron chi connectivity index (χ0n) is 13.9. The third-order valence-corrected chi connectivity index (χ3v) is 3.94. The molecule has 1 unspecified atom stereocenters. The molecule has 0 saturated carbocycles. The number of hydrogen-bond acceptors (Lipinski definition) is 3. The van der Waals surface area contributed by atoms with E-state index in [0.29, 0.717) is 0 Å². The van der Waals surface area contributed by atoms with Crippen molar-refractivity contribution in [3.8, 4) is 0 Å². The van der Waals surface area contributed by atoms with Gasteiger partial charge in [0.25, 0.3) is 0 Å². The summed E-state index contributed by atoms with van der Waals surface area (Å²) in [5.41, 5.74) is 8.70. The van der Waals surface area contributed by atoms with Crippen LogP contribution in [0.4, 0.5) is 5.69 Å². The van der Waals surface area contributed by atoms with Gasteiger partial charge in [0.1, 0.15) is 0 Å². The highest BCUT2D eigenvalue weighted by molar-refractivity contribution is 6.30. The van der Waals surface area contributed by atoms with Crippen molar-refractivity contribution >= 4 is 17.3 Å². The molecule has 3 nitrogen and oxygen atoms in total. The first-order valence-electron chi connectivity index (χ1n) is 7.91. The summed E-state index contributed by atoms with van der Waals surface area (Å²) in [6, 6.07) is 6.40. The van der Waals surface area contributed by atoms with Crippen LogP contribution in [0.3, 0.4) is 0 Å². The number of nitrogens with zero attached hydrogens (tertiary/aromatic N) is 2. The van der Waals surface area contributed by atoms with Gasteiger partial charge in [-0.25, -0.2) is 0 Å². The Hall–Kier alpha value is -0.770. The van der Waals surface area contributed by atoms with Crippen LogP contribution in [0.25, 0.3) is 0 Å². The van der Waals surface area contributed by atoms with Crippen LogP contribution in [0.15, 0.2) is 18.2 Å². The molecule has 0 aliphatic rings. The highest BCUT2D eigenvalue weighted by Gasteiger charge is 2.13. The molecule has 120 valence electrons. The predicted molar refractivity (Wildman–Crippen MR) is 94.5 cm³/mol. The van der Waals surface area contributed by atoms with Crippen LogP contribution in [-0.4, -0.2) is 44.7 Å². The van der Waals surface area contributed by atoms with Crippen molar-refractivity contribution in [2.45, 2.75) is 39.2 Å². The Kier molecular flexibility index (Phi) is 8.09. The van der Waals surface area contributed by atoms with Gasteiger partial charge < -0.3 is 15.5 Å². The summed E-state index contributed by atoms with van der Waals surface area (Å²) in [5.74, 6) is 0. The molecule has 1 rings (SSSR count). The highest BCUT2D eigenvalue weighted by atomic mass is 35.5. The molecule has 0 bridgehead atoms. The van der Waals surface area contributed by atoms with E-state index in [2.05, 4.69) is 49.9 Å². The molecule has 0 saturated heterocycles. The Morgan fingerprint density at radius 3 is 2.43 bits per heavy atom. The number of anilines is 1. The summed E-state index contributed by atoms with van der Waals surface area (Å²) in [5, 5.41) is 0.796. The van der Waals surface area contributed by atoms with Gasteiger partial charge in [-0.2, -0.15) is 0 Å². The van der Waals surface area contributed by atoms with Crippen molar-refractivity contribution in [3.63, 3.8) is 0 Å². The van der Waals surface area contributed by atoms with Crippen molar-refractivity contribution in [3.05, 3.63) is 28.8 Å². The minimum atomic E-state index is 0.210. The van der Waals surface area contributed by atoms with Crippen LogP contribution >= 0.6 is 11.6 Å². The van der Waals surface area contributed by atoms with E-state index in [4.69, 9.17) is 17.3 Å². The Morgan fingerprint density at radius 2 is 1.86 bits per heavy atom. The number of hydrogen-bond donors (Lipinski definition) is 1. The standard InChI is InChI=1S/C17H30ClN3/c1-5-9-21(11-10-20(3)4)17-13-15(18)8-7-14(17)12-16(19)6-2/h7-8,13,16H,5-6,9-12,19H2,1-4H3. The normalized spacial score (nSPS) is 12.7. The smallest absolute Gasteiger partial charge is 0.0426 e. The zero-order chi connectivity index (χ0) is 15.8. The molecule has 21 heavy (non-hydrogen) atoms. The van der Waals surface area contributed by atoms with E-state index in [9.17, 15) is 0 Å². The molecule has 1 aromatic carbocycles. The van der Waals surface area contributed by atoms with Crippen molar-refractivity contribution in [2.75, 3.05) is 38.6 Å². The highest BCUT2D eigenvalue weighted by Crippen LogP contribution is 2.26. The monoisotopic (exact) mass is 311 g/mol. The number of nitrogens with two attached hydrogens (primary N) is 1. The lowest BCUT2D eigenvalue weighted by molar-refractivity contribution is 0.412. The van der Waals surface area contributed by atoms with Crippen LogP contribution in [0, 0.1) is 0 Å². The first-order valence-corrected chi connectivity index (χ1v) is 8.29. The lowest BCUT2D eigenvalue weighted by atomic mass is 10.0. The summed E-state index contributed by atoms with van der Waals surface area (Å²) in [7, 11) is 4.21. The summed E-state index contributed by atoms with van der Waals surface area (Å²) in [4.78, 5) is 4.65. The average Bonchev–Trinajstić information content (AvgIpc) is 2.45. The Bertz CT molecular complexity index is 420. The Balaban J connectivity index is 3.00. The van der Waals surface area contributed by atoms with Gasteiger partial charge in [0, 0.05) is 36.4 Å². The van der Waals surface area contributed by atoms with Crippen molar-refractivity contribution in [2.24, 2.45) is 5.73 Å². The molecule has 0 radical (unpaired) electrons. The maximum absolute atomic E-state index is 6.23. The predicted octanol–water partition coefficient (Wildman–Crippen LogP) is 3.40. The molecule has 0 aliphatic carbocycles. The fraction of sp³-hybridized carbons (Fsp3) is 0.647. The van der Waals surface area contributed by atoms with E-state index in [1.807, 2.05) is 6.07 Å². The second-order valence-electron chi connectivity index (χ2n) is 5.94. The molecule has 0 amide bonds. The summed E-state index contributed by atoms with van der Waals surface area (Å²) >= 11 is 6.23. The molecule has 0 aliphatic heterocycles. The molecular formula is C17H30ClN3. The van der Waals surface area contributed by atoms with Gasteiger partial charge in [0.2, 0.25) is 0 Å². The Morgan fingerprint density at radius 1 is 1.14 bits per heavy atom. The van der Waals surface area contributed by atoms with E-state index in [1.165, 1.54) is 11.3 Å². The van der Waals surface area contributed by atoms with Crippen LogP contribution in [-0.2, 0) is 6.42 Å². The van der Waals surface area contributed by atoms with Gasteiger partial charge in [-0.1, -0.05) is 31.5 Å². The summed E-state index contributed by atoms with van der Waals surface area (Å²) < 4.78 is 0. The van der Waals surface area contributed by atoms with Gasteiger partial charge in [-0.15, -0.1) is 0 Å². The summed E-state index contributed by atoms with van der Waals surface area (Å²) in [6.07, 6.45) is 3.03. The van der Waals surface area contributed by atoms with E-state index >= 15 is 0 Å². The molecule has 4 heteroatoms. The summed E-state index contributed by atoms with van der Waals surface area (Å²) in [6.45, 7) is 7.44. The minimum Gasteiger partial charge on any atom is -0.370 e. The molecular weight excluding hydrogens is 282 g/mol. The van der Waals surface area contributed by atoms with Gasteiger partial charge in [-0.05, 0) is 51.1 Å².